The summed E-state index contributed by atoms with van der Waals surface area (Å²) in [6, 6.07) is 3.84. The highest BCUT2D eigenvalue weighted by Crippen LogP contribution is 2.27. The molecule has 2 heterocycles. The van der Waals surface area contributed by atoms with E-state index in [4.69, 9.17) is 5.11 Å². The lowest BCUT2D eigenvalue weighted by Crippen LogP contribution is -2.15. The van der Waals surface area contributed by atoms with E-state index in [1.165, 1.54) is 22.6 Å². The number of aromatic amines is 1. The molecule has 7 heteroatoms. The van der Waals surface area contributed by atoms with E-state index in [0.717, 1.165) is 24.8 Å². The number of hydrogen-bond acceptors (Lipinski definition) is 4. The van der Waals surface area contributed by atoms with Gasteiger partial charge in [-0.3, -0.25) is 9.78 Å². The fraction of sp³-hybridized carbons (Fsp3) is 0.200. The number of nitrogens with one attached hydrogen (secondary N) is 1. The van der Waals surface area contributed by atoms with Crippen molar-refractivity contribution >= 4 is 16.9 Å². The van der Waals surface area contributed by atoms with Crippen molar-refractivity contribution in [1.29, 1.82) is 0 Å². The van der Waals surface area contributed by atoms with Gasteiger partial charge in [-0.1, -0.05) is 6.07 Å². The maximum absolute atomic E-state index is 12.4. The first kappa shape index (κ1) is 12.8. The van der Waals surface area contributed by atoms with E-state index in [2.05, 4.69) is 15.1 Å². The van der Waals surface area contributed by atoms with Gasteiger partial charge in [-0.05, 0) is 36.5 Å². The number of rotatable bonds is 2. The number of hydrogen-bond donors (Lipinski definition) is 2. The van der Waals surface area contributed by atoms with Gasteiger partial charge in [0.15, 0.2) is 0 Å². The standard InChI is InChI=1S/C15H12N4O3/c20-13-12-10-3-1-2-8(10)4-5-11(12)17-15(18-13)19-7-9(6-16-19)14(21)22/h4-7H,1-3H2,(H,21,22)(H,17,18,20). The Morgan fingerprint density at radius 2 is 2.18 bits per heavy atom. The maximum atomic E-state index is 12.4. The first-order valence-corrected chi connectivity index (χ1v) is 6.96. The number of carboxylic acids is 1. The highest BCUT2D eigenvalue weighted by atomic mass is 16.4. The number of fused-ring (bicyclic) bond motifs is 3. The normalized spacial score (nSPS) is 13.5. The highest BCUT2D eigenvalue weighted by Gasteiger charge is 2.18. The van der Waals surface area contributed by atoms with Crippen LogP contribution in [0, 0.1) is 0 Å². The lowest BCUT2D eigenvalue weighted by atomic mass is 10.1. The van der Waals surface area contributed by atoms with Gasteiger partial charge < -0.3 is 5.11 Å². The van der Waals surface area contributed by atoms with Crippen LogP contribution in [0.25, 0.3) is 16.9 Å². The Hall–Kier alpha value is -2.96. The van der Waals surface area contributed by atoms with E-state index < -0.39 is 5.97 Å². The average molecular weight is 296 g/mol. The van der Waals surface area contributed by atoms with Gasteiger partial charge >= 0.3 is 5.97 Å². The molecule has 22 heavy (non-hydrogen) atoms. The Balaban J connectivity index is 1.92. The molecule has 0 fully saturated rings. The fourth-order valence-electron chi connectivity index (χ4n) is 2.96. The van der Waals surface area contributed by atoms with Crippen LogP contribution in [0.5, 0.6) is 0 Å². The zero-order valence-corrected chi connectivity index (χ0v) is 11.5. The number of nitrogens with zero attached hydrogens (tertiary/aromatic N) is 3. The maximum Gasteiger partial charge on any atom is 0.338 e. The van der Waals surface area contributed by atoms with Crippen LogP contribution in [-0.4, -0.2) is 30.8 Å². The van der Waals surface area contributed by atoms with E-state index in [1.807, 2.05) is 12.1 Å². The van der Waals surface area contributed by atoms with Crippen molar-refractivity contribution < 1.29 is 9.90 Å². The molecule has 0 amide bonds. The summed E-state index contributed by atoms with van der Waals surface area (Å²) < 4.78 is 1.26. The molecule has 4 rings (SSSR count). The molecule has 0 bridgehead atoms. The predicted molar refractivity (Wildman–Crippen MR) is 78.5 cm³/mol. The van der Waals surface area contributed by atoms with Crippen molar-refractivity contribution in [1.82, 2.24) is 19.7 Å². The van der Waals surface area contributed by atoms with Crippen LogP contribution in [-0.2, 0) is 12.8 Å². The molecule has 0 radical (unpaired) electrons. The number of aromatic carboxylic acids is 1. The molecule has 0 aliphatic heterocycles. The molecule has 3 aromatic rings. The number of carboxylic acid groups (broad SMARTS) is 1. The van der Waals surface area contributed by atoms with Gasteiger partial charge in [-0.2, -0.15) is 5.10 Å². The predicted octanol–water partition coefficient (Wildman–Crippen LogP) is 1.30. The number of aryl methyl sites for hydroxylation is 2. The summed E-state index contributed by atoms with van der Waals surface area (Å²) in [7, 11) is 0. The Morgan fingerprint density at radius 3 is 2.95 bits per heavy atom. The number of benzene rings is 1. The van der Waals surface area contributed by atoms with Crippen molar-refractivity contribution in [2.45, 2.75) is 19.3 Å². The van der Waals surface area contributed by atoms with Crippen LogP contribution < -0.4 is 5.56 Å². The van der Waals surface area contributed by atoms with Crippen molar-refractivity contribution in [3.8, 4) is 5.95 Å². The first-order valence-electron chi connectivity index (χ1n) is 6.96. The molecular weight excluding hydrogens is 284 g/mol. The average Bonchev–Trinajstić information content (AvgIpc) is 3.15. The SMILES string of the molecule is O=C(O)c1cnn(-c2nc3ccc4c(c3c(=O)[nH]2)CCC4)c1. The molecule has 110 valence electrons. The molecule has 1 aliphatic rings. The first-order chi connectivity index (χ1) is 10.6. The van der Waals surface area contributed by atoms with Crippen LogP contribution in [0.15, 0.2) is 29.3 Å². The van der Waals surface area contributed by atoms with Crippen molar-refractivity contribution in [2.75, 3.05) is 0 Å². The third-order valence-corrected chi connectivity index (χ3v) is 3.99. The topological polar surface area (TPSA) is 101 Å². The van der Waals surface area contributed by atoms with Crippen LogP contribution in [0.4, 0.5) is 0 Å². The summed E-state index contributed by atoms with van der Waals surface area (Å²) in [5.41, 5.74) is 2.71. The third-order valence-electron chi connectivity index (χ3n) is 3.99. The Kier molecular flexibility index (Phi) is 2.62. The molecule has 1 aliphatic carbocycles. The summed E-state index contributed by atoms with van der Waals surface area (Å²) in [4.78, 5) is 30.4. The number of H-pyrrole nitrogens is 1. The Bertz CT molecular complexity index is 971. The zero-order valence-electron chi connectivity index (χ0n) is 11.5. The van der Waals surface area contributed by atoms with E-state index >= 15 is 0 Å². The highest BCUT2D eigenvalue weighted by molar-refractivity contribution is 5.87. The molecule has 2 N–H and O–H groups in total. The zero-order chi connectivity index (χ0) is 15.3. The summed E-state index contributed by atoms with van der Waals surface area (Å²) in [5.74, 6) is -0.866. The van der Waals surface area contributed by atoms with Gasteiger partial charge in [0.1, 0.15) is 0 Å². The molecule has 0 unspecified atom stereocenters. The van der Waals surface area contributed by atoms with E-state index in [-0.39, 0.29) is 17.1 Å². The summed E-state index contributed by atoms with van der Waals surface area (Å²) >= 11 is 0. The van der Waals surface area contributed by atoms with Gasteiger partial charge in [0.25, 0.3) is 5.56 Å². The second-order valence-electron chi connectivity index (χ2n) is 5.32. The van der Waals surface area contributed by atoms with Gasteiger partial charge in [-0.25, -0.2) is 14.5 Å². The van der Waals surface area contributed by atoms with Crippen molar-refractivity contribution in [3.63, 3.8) is 0 Å². The minimum absolute atomic E-state index is 0.0386. The largest absolute Gasteiger partial charge is 0.478 e. The van der Waals surface area contributed by atoms with Gasteiger partial charge in [0.2, 0.25) is 5.95 Å². The number of aromatic nitrogens is 4. The van der Waals surface area contributed by atoms with Gasteiger partial charge in [0, 0.05) is 6.20 Å². The lowest BCUT2D eigenvalue weighted by Gasteiger charge is -2.06. The van der Waals surface area contributed by atoms with E-state index in [9.17, 15) is 9.59 Å². The molecular formula is C15H12N4O3. The second-order valence-corrected chi connectivity index (χ2v) is 5.32. The molecule has 7 nitrogen and oxygen atoms in total. The molecule has 0 saturated heterocycles. The fourth-order valence-corrected chi connectivity index (χ4v) is 2.96. The minimum Gasteiger partial charge on any atom is -0.478 e. The van der Waals surface area contributed by atoms with E-state index in [0.29, 0.717) is 10.9 Å². The van der Waals surface area contributed by atoms with Gasteiger partial charge in [-0.15, -0.1) is 0 Å². The van der Waals surface area contributed by atoms with Crippen LogP contribution in [0.1, 0.15) is 27.9 Å². The van der Waals surface area contributed by atoms with Crippen LogP contribution >= 0.6 is 0 Å². The minimum atomic E-state index is -1.08. The van der Waals surface area contributed by atoms with Crippen molar-refractivity contribution in [3.05, 3.63) is 51.6 Å². The Morgan fingerprint density at radius 1 is 1.32 bits per heavy atom. The smallest absolute Gasteiger partial charge is 0.338 e. The monoisotopic (exact) mass is 296 g/mol. The van der Waals surface area contributed by atoms with Crippen LogP contribution in [0.3, 0.4) is 0 Å². The van der Waals surface area contributed by atoms with Crippen LogP contribution in [0.2, 0.25) is 0 Å². The Labute approximate surface area is 124 Å². The summed E-state index contributed by atoms with van der Waals surface area (Å²) in [6.07, 6.45) is 5.47. The quantitative estimate of drug-likeness (QED) is 0.742. The summed E-state index contributed by atoms with van der Waals surface area (Å²) in [5, 5.41) is 13.5. The second kappa shape index (κ2) is 4.52. The molecule has 1 aromatic carbocycles. The number of carbonyl (C=O) groups is 1. The lowest BCUT2D eigenvalue weighted by molar-refractivity contribution is 0.0697. The molecule has 0 atom stereocenters. The molecule has 2 aromatic heterocycles. The summed E-state index contributed by atoms with van der Waals surface area (Å²) in [6.45, 7) is 0. The van der Waals surface area contributed by atoms with Crippen molar-refractivity contribution in [2.24, 2.45) is 0 Å². The third kappa shape index (κ3) is 1.82. The molecule has 0 spiro atoms. The van der Waals surface area contributed by atoms with Gasteiger partial charge in [0.05, 0.1) is 22.7 Å². The van der Waals surface area contributed by atoms with E-state index in [1.54, 1.807) is 0 Å². The molecule has 0 saturated carbocycles.